The lowest BCUT2D eigenvalue weighted by Gasteiger charge is -2.24. The summed E-state index contributed by atoms with van der Waals surface area (Å²) in [5.41, 5.74) is 3.45. The Kier molecular flexibility index (Phi) is 5.06. The second-order valence-electron chi connectivity index (χ2n) is 5.60. The molecule has 3 nitrogen and oxygen atoms in total. The van der Waals surface area contributed by atoms with E-state index >= 15 is 0 Å². The molecule has 2 rings (SSSR count). The van der Waals surface area contributed by atoms with Crippen LogP contribution in [0, 0.1) is 12.8 Å². The molecule has 0 spiro atoms. The monoisotopic (exact) mass is 294 g/mol. The molecule has 0 aliphatic carbocycles. The third-order valence-corrected chi connectivity index (χ3v) is 3.86. The van der Waals surface area contributed by atoms with Gasteiger partial charge < -0.3 is 9.30 Å². The number of imidazole rings is 1. The minimum absolute atomic E-state index is 0.283. The lowest BCUT2D eigenvalue weighted by Crippen LogP contribution is -2.22. The number of hydrogen-bond acceptors (Lipinski definition) is 2. The second kappa shape index (κ2) is 6.59. The van der Waals surface area contributed by atoms with Gasteiger partial charge in [0.1, 0.15) is 5.82 Å². The molecule has 1 unspecified atom stereocenters. The summed E-state index contributed by atoms with van der Waals surface area (Å²) in [6.45, 7) is 7.21. The maximum Gasteiger partial charge on any atom is 0.111 e. The molecule has 0 N–H and O–H groups in total. The molecule has 1 aromatic carbocycles. The molecule has 0 bridgehead atoms. The van der Waals surface area contributed by atoms with Gasteiger partial charge in [0.2, 0.25) is 0 Å². The Morgan fingerprint density at radius 1 is 1.35 bits per heavy atom. The van der Waals surface area contributed by atoms with Crippen molar-refractivity contribution in [2.75, 3.05) is 19.6 Å². The second-order valence-corrected chi connectivity index (χ2v) is 5.97. The van der Waals surface area contributed by atoms with Gasteiger partial charge in [-0.1, -0.05) is 19.9 Å². The highest BCUT2D eigenvalue weighted by atomic mass is 35.5. The van der Waals surface area contributed by atoms with Gasteiger partial charge in [0.05, 0.1) is 23.7 Å². The van der Waals surface area contributed by atoms with E-state index in [2.05, 4.69) is 43.5 Å². The average molecular weight is 295 g/mol. The molecule has 0 saturated heterocycles. The third kappa shape index (κ3) is 2.99. The molecule has 110 valence electrons. The molecule has 1 heterocycles. The van der Waals surface area contributed by atoms with E-state index in [4.69, 9.17) is 21.3 Å². The van der Waals surface area contributed by atoms with Crippen LogP contribution in [0.1, 0.15) is 31.3 Å². The maximum atomic E-state index is 5.94. The lowest BCUT2D eigenvalue weighted by molar-refractivity contribution is 0.133. The van der Waals surface area contributed by atoms with E-state index in [1.54, 1.807) is 7.11 Å². The van der Waals surface area contributed by atoms with Gasteiger partial charge >= 0.3 is 0 Å². The predicted molar refractivity (Wildman–Crippen MR) is 84.6 cm³/mol. The van der Waals surface area contributed by atoms with Crippen LogP contribution >= 0.6 is 11.6 Å². The fourth-order valence-corrected chi connectivity index (χ4v) is 2.79. The minimum atomic E-state index is 0.283. The molecule has 1 atom stereocenters. The lowest BCUT2D eigenvalue weighted by atomic mass is 10.0. The number of rotatable bonds is 6. The number of aryl methyl sites for hydroxylation is 2. The molecule has 0 amide bonds. The summed E-state index contributed by atoms with van der Waals surface area (Å²) in [5.74, 6) is 2.11. The van der Waals surface area contributed by atoms with Crippen molar-refractivity contribution in [1.82, 2.24) is 9.55 Å². The van der Waals surface area contributed by atoms with Gasteiger partial charge in [0.25, 0.3) is 0 Å². The normalized spacial score (nSPS) is 13.3. The van der Waals surface area contributed by atoms with Gasteiger partial charge in [-0.05, 0) is 30.5 Å². The first-order chi connectivity index (χ1) is 9.58. The van der Waals surface area contributed by atoms with E-state index in [9.17, 15) is 0 Å². The summed E-state index contributed by atoms with van der Waals surface area (Å²) in [6, 6.07) is 6.70. The van der Waals surface area contributed by atoms with Crippen molar-refractivity contribution in [2.45, 2.75) is 33.2 Å². The van der Waals surface area contributed by atoms with Crippen LogP contribution in [-0.2, 0) is 11.2 Å². The number of benzene rings is 1. The fraction of sp³-hybridized carbons (Fsp3) is 0.562. The molecular weight excluding hydrogens is 272 g/mol. The van der Waals surface area contributed by atoms with Crippen LogP contribution in [0.2, 0.25) is 0 Å². The van der Waals surface area contributed by atoms with E-state index in [0.717, 1.165) is 17.8 Å². The fourth-order valence-electron chi connectivity index (χ4n) is 2.63. The van der Waals surface area contributed by atoms with Crippen molar-refractivity contribution < 1.29 is 4.74 Å². The van der Waals surface area contributed by atoms with Gasteiger partial charge in [-0.3, -0.25) is 0 Å². The Bertz CT molecular complexity index is 577. The molecule has 0 saturated carbocycles. The SMILES string of the molecule is COCC(C(C)C)n1c(CCCl)nc2cc(C)ccc21. The minimum Gasteiger partial charge on any atom is -0.383 e. The highest BCUT2D eigenvalue weighted by molar-refractivity contribution is 6.17. The van der Waals surface area contributed by atoms with Gasteiger partial charge in [-0.15, -0.1) is 11.6 Å². The largest absolute Gasteiger partial charge is 0.383 e. The first kappa shape index (κ1) is 15.3. The van der Waals surface area contributed by atoms with E-state index in [0.29, 0.717) is 18.4 Å². The zero-order valence-electron chi connectivity index (χ0n) is 12.7. The molecule has 0 fully saturated rings. The van der Waals surface area contributed by atoms with Crippen LogP contribution in [0.5, 0.6) is 0 Å². The average Bonchev–Trinajstić information content (AvgIpc) is 2.73. The third-order valence-electron chi connectivity index (χ3n) is 3.67. The van der Waals surface area contributed by atoms with Crippen molar-refractivity contribution in [3.8, 4) is 0 Å². The van der Waals surface area contributed by atoms with Crippen LogP contribution in [0.4, 0.5) is 0 Å². The number of halogens is 1. The molecule has 4 heteroatoms. The molecule has 2 aromatic rings. The highest BCUT2D eigenvalue weighted by Gasteiger charge is 2.21. The van der Waals surface area contributed by atoms with Crippen molar-refractivity contribution in [2.24, 2.45) is 5.92 Å². The zero-order valence-corrected chi connectivity index (χ0v) is 13.4. The van der Waals surface area contributed by atoms with Gasteiger partial charge in [0.15, 0.2) is 0 Å². The van der Waals surface area contributed by atoms with Crippen molar-refractivity contribution in [3.05, 3.63) is 29.6 Å². The Hall–Kier alpha value is -1.06. The van der Waals surface area contributed by atoms with Crippen molar-refractivity contribution >= 4 is 22.6 Å². The molecule has 0 radical (unpaired) electrons. The maximum absolute atomic E-state index is 5.94. The van der Waals surface area contributed by atoms with E-state index in [-0.39, 0.29) is 6.04 Å². The topological polar surface area (TPSA) is 27.1 Å². The van der Waals surface area contributed by atoms with Gasteiger partial charge in [-0.25, -0.2) is 4.98 Å². The number of methoxy groups -OCH3 is 1. The first-order valence-corrected chi connectivity index (χ1v) is 7.64. The molecular formula is C16H23ClN2O. The number of nitrogens with zero attached hydrogens (tertiary/aromatic N) is 2. The van der Waals surface area contributed by atoms with Gasteiger partial charge in [-0.2, -0.15) is 0 Å². The van der Waals surface area contributed by atoms with Crippen LogP contribution < -0.4 is 0 Å². The number of aromatic nitrogens is 2. The zero-order chi connectivity index (χ0) is 14.7. The standard InChI is InChI=1S/C16H23ClN2O/c1-11(2)15(10-20-4)19-14-6-5-12(3)9-13(14)18-16(19)7-8-17/h5-6,9,11,15H,7-8,10H2,1-4H3. The number of hydrogen-bond donors (Lipinski definition) is 0. The quantitative estimate of drug-likeness (QED) is 0.754. The van der Waals surface area contributed by atoms with E-state index in [1.807, 2.05) is 0 Å². The molecule has 1 aromatic heterocycles. The van der Waals surface area contributed by atoms with Gasteiger partial charge in [0, 0.05) is 19.4 Å². The molecule has 0 aliphatic rings. The number of ether oxygens (including phenoxy) is 1. The summed E-state index contributed by atoms with van der Waals surface area (Å²) in [7, 11) is 1.75. The smallest absolute Gasteiger partial charge is 0.111 e. The number of fused-ring (bicyclic) bond motifs is 1. The highest BCUT2D eigenvalue weighted by Crippen LogP contribution is 2.27. The Labute approximate surface area is 125 Å². The van der Waals surface area contributed by atoms with Crippen LogP contribution in [0.15, 0.2) is 18.2 Å². The number of alkyl halides is 1. The van der Waals surface area contributed by atoms with Crippen molar-refractivity contribution in [3.63, 3.8) is 0 Å². The predicted octanol–water partition coefficient (Wildman–Crippen LogP) is 3.97. The summed E-state index contributed by atoms with van der Waals surface area (Å²) in [6.07, 6.45) is 0.780. The Morgan fingerprint density at radius 3 is 2.70 bits per heavy atom. The molecule has 20 heavy (non-hydrogen) atoms. The summed E-state index contributed by atoms with van der Waals surface area (Å²) >= 11 is 5.94. The summed E-state index contributed by atoms with van der Waals surface area (Å²) in [5, 5.41) is 0. The molecule has 0 aliphatic heterocycles. The summed E-state index contributed by atoms with van der Waals surface area (Å²) in [4.78, 5) is 4.77. The first-order valence-electron chi connectivity index (χ1n) is 7.10. The van der Waals surface area contributed by atoms with E-state index in [1.165, 1.54) is 11.1 Å². The van der Waals surface area contributed by atoms with Crippen molar-refractivity contribution in [1.29, 1.82) is 0 Å². The van der Waals surface area contributed by atoms with Crippen LogP contribution in [0.25, 0.3) is 11.0 Å². The Balaban J connectivity index is 2.60. The summed E-state index contributed by atoms with van der Waals surface area (Å²) < 4.78 is 7.72. The Morgan fingerprint density at radius 2 is 2.10 bits per heavy atom. The van der Waals surface area contributed by atoms with Crippen LogP contribution in [-0.4, -0.2) is 29.1 Å². The van der Waals surface area contributed by atoms with E-state index < -0.39 is 0 Å². The van der Waals surface area contributed by atoms with Crippen LogP contribution in [0.3, 0.4) is 0 Å².